The lowest BCUT2D eigenvalue weighted by Gasteiger charge is -2.09. The number of imidazole rings is 3. The molecule has 11 nitrogen and oxygen atoms in total. The Morgan fingerprint density at radius 3 is 1.12 bits per heavy atom. The van der Waals surface area contributed by atoms with Crippen molar-refractivity contribution in [2.45, 2.75) is 0 Å². The van der Waals surface area contributed by atoms with Crippen molar-refractivity contribution in [3.05, 3.63) is 243 Å². The van der Waals surface area contributed by atoms with Crippen LogP contribution >= 0.6 is 0 Å². The summed E-state index contributed by atoms with van der Waals surface area (Å²) in [4.78, 5) is 40.8. The number of nitrogens with one attached hydrogen (secondary N) is 2. The third-order valence-electron chi connectivity index (χ3n) is 12.7. The van der Waals surface area contributed by atoms with E-state index < -0.39 is 0 Å². The SMILES string of the molecule is c1ccc(-c2c(-c3ccccc3)c3nc4nc(nc5[nH]c(nc6nc(nc2[nH]3)c(-c2ccccc2)n6-c2ccccc2)[n+](-c2ccccc2)c5-c2ccccc2)c(-c2ccccc2)n4-c2ccccc2)cc1. The largest absolute Gasteiger partial charge is 0.407 e. The van der Waals surface area contributed by atoms with E-state index >= 15 is 0 Å². The molecule has 0 amide bonds. The van der Waals surface area contributed by atoms with Crippen LogP contribution in [0.25, 0.3) is 119 Å². The summed E-state index contributed by atoms with van der Waals surface area (Å²) in [5, 5.41) is 0. The molecule has 13 rings (SSSR count). The minimum absolute atomic E-state index is 0.393. The van der Waals surface area contributed by atoms with E-state index in [9.17, 15) is 0 Å². The van der Waals surface area contributed by atoms with Gasteiger partial charge in [-0.05, 0) is 52.5 Å². The summed E-state index contributed by atoms with van der Waals surface area (Å²) in [6, 6.07) is 81.9. The highest BCUT2D eigenvalue weighted by molar-refractivity contribution is 6.01. The molecule has 8 bridgehead atoms. The van der Waals surface area contributed by atoms with Gasteiger partial charge in [0, 0.05) is 33.5 Å². The minimum atomic E-state index is 0.393. The molecule has 0 saturated carbocycles. The molecule has 340 valence electrons. The Morgan fingerprint density at radius 1 is 0.306 bits per heavy atom. The maximum Gasteiger partial charge on any atom is 0.407 e. The Morgan fingerprint density at radius 2 is 0.667 bits per heavy atom. The minimum Gasteiger partial charge on any atom is -0.324 e. The number of H-pyrrole nitrogens is 2. The molecule has 0 aliphatic carbocycles. The molecule has 0 unspecified atom stereocenters. The third-order valence-corrected chi connectivity index (χ3v) is 12.7. The molecule has 0 atom stereocenters. The molecule has 5 heterocycles. The van der Waals surface area contributed by atoms with E-state index in [1.54, 1.807) is 0 Å². The summed E-state index contributed by atoms with van der Waals surface area (Å²) >= 11 is 0. The van der Waals surface area contributed by atoms with Gasteiger partial charge in [0.05, 0.1) is 5.69 Å². The highest BCUT2D eigenvalue weighted by Crippen LogP contribution is 2.39. The lowest BCUT2D eigenvalue weighted by molar-refractivity contribution is -0.556. The van der Waals surface area contributed by atoms with Crippen molar-refractivity contribution in [3.63, 3.8) is 0 Å². The summed E-state index contributed by atoms with van der Waals surface area (Å²) in [7, 11) is 0. The van der Waals surface area contributed by atoms with Gasteiger partial charge in [0.1, 0.15) is 28.4 Å². The molecule has 13 aromatic rings. The summed E-state index contributed by atoms with van der Waals surface area (Å²) in [6.07, 6.45) is 0. The number of hydrogen-bond donors (Lipinski definition) is 2. The van der Waals surface area contributed by atoms with E-state index in [4.69, 9.17) is 29.9 Å². The first-order valence-corrected chi connectivity index (χ1v) is 23.7. The van der Waals surface area contributed by atoms with E-state index in [2.05, 4.69) is 121 Å². The van der Waals surface area contributed by atoms with Crippen LogP contribution in [0.5, 0.6) is 0 Å². The van der Waals surface area contributed by atoms with Crippen LogP contribution in [-0.2, 0) is 0 Å². The Kier molecular flexibility index (Phi) is 10.5. The molecule has 8 aromatic carbocycles. The van der Waals surface area contributed by atoms with Crippen molar-refractivity contribution >= 4 is 45.6 Å². The molecule has 0 spiro atoms. The molecule has 2 N–H and O–H groups in total. The first kappa shape index (κ1) is 42.0. The van der Waals surface area contributed by atoms with Crippen molar-refractivity contribution in [1.29, 1.82) is 0 Å². The molecule has 0 fully saturated rings. The Labute approximate surface area is 413 Å². The summed E-state index contributed by atoms with van der Waals surface area (Å²) in [5.41, 5.74) is 13.7. The highest BCUT2D eigenvalue weighted by Gasteiger charge is 2.27. The number of benzene rings is 8. The first-order valence-electron chi connectivity index (χ1n) is 23.7. The topological polar surface area (TPSA) is 123 Å². The average Bonchev–Trinajstić information content (AvgIpc) is 4.20. The first-order chi connectivity index (χ1) is 35.7. The molecule has 5 aromatic heterocycles. The number of hydrogen-bond acceptors (Lipinski definition) is 6. The standard InChI is InChI=1S/C61H42N11/c1-9-25-41(26-10-1)49-50(42-27-11-2-12-28-42)55-62-54(49)63-56-51(43-29-13-3-14-30-43)71(47-37-21-7-22-38-47)60(67-56)69-61-68-58(53(45-33-17-5-18-34-45)72(61)48-39-23-8-24-40-48)64-57-52(44-31-15-4-16-32-44)70(59(65-55)66-57)46-35-19-6-20-36-46/h1-40H,(H2,62,63,64,65,66,67,68,69)/q+1. The van der Waals surface area contributed by atoms with Crippen LogP contribution in [0.15, 0.2) is 243 Å². The van der Waals surface area contributed by atoms with Crippen molar-refractivity contribution in [2.24, 2.45) is 0 Å². The summed E-state index contributed by atoms with van der Waals surface area (Å²) in [5.74, 6) is 1.28. The number of para-hydroxylation sites is 3. The lowest BCUT2D eigenvalue weighted by atomic mass is 9.98. The number of aromatic nitrogens is 11. The van der Waals surface area contributed by atoms with Gasteiger partial charge in [-0.15, -0.1) is 0 Å². The van der Waals surface area contributed by atoms with E-state index in [1.165, 1.54) is 0 Å². The number of rotatable bonds is 8. The van der Waals surface area contributed by atoms with Crippen LogP contribution in [0, 0.1) is 0 Å². The zero-order valence-electron chi connectivity index (χ0n) is 38.6. The number of nitrogens with zero attached hydrogens (tertiary/aromatic N) is 9. The molecule has 0 aliphatic heterocycles. The van der Waals surface area contributed by atoms with Crippen LogP contribution < -0.4 is 4.57 Å². The van der Waals surface area contributed by atoms with Gasteiger partial charge in [-0.25, -0.2) is 9.97 Å². The Bertz CT molecular complexity index is 3350. The van der Waals surface area contributed by atoms with Crippen molar-refractivity contribution in [1.82, 2.24) is 49.0 Å². The zero-order valence-corrected chi connectivity index (χ0v) is 38.6. The molecule has 0 aliphatic rings. The Balaban J connectivity index is 1.32. The van der Waals surface area contributed by atoms with Gasteiger partial charge >= 0.3 is 11.6 Å². The fourth-order valence-electron chi connectivity index (χ4n) is 9.55. The molecular weight excluding hydrogens is 887 g/mol. The summed E-state index contributed by atoms with van der Waals surface area (Å²) < 4.78 is 6.27. The van der Waals surface area contributed by atoms with Crippen LogP contribution in [0.4, 0.5) is 0 Å². The van der Waals surface area contributed by atoms with Crippen LogP contribution in [0.2, 0.25) is 0 Å². The van der Waals surface area contributed by atoms with Crippen molar-refractivity contribution in [3.8, 4) is 73.1 Å². The molecular formula is C61H42N11+. The smallest absolute Gasteiger partial charge is 0.324 e. The second kappa shape index (κ2) is 18.1. The molecule has 72 heavy (non-hydrogen) atoms. The fourth-order valence-corrected chi connectivity index (χ4v) is 9.55. The predicted molar refractivity (Wildman–Crippen MR) is 286 cm³/mol. The number of aromatic amines is 2. The van der Waals surface area contributed by atoms with Gasteiger partial charge < -0.3 is 4.98 Å². The molecule has 11 heteroatoms. The summed E-state index contributed by atoms with van der Waals surface area (Å²) in [6.45, 7) is 0. The number of fused-ring (bicyclic) bond motifs is 8. The van der Waals surface area contributed by atoms with Gasteiger partial charge in [0.25, 0.3) is 0 Å². The van der Waals surface area contributed by atoms with Crippen molar-refractivity contribution in [2.75, 3.05) is 0 Å². The van der Waals surface area contributed by atoms with Crippen molar-refractivity contribution < 1.29 is 4.57 Å². The van der Waals surface area contributed by atoms with Crippen LogP contribution in [-0.4, -0.2) is 49.0 Å². The second-order valence-electron chi connectivity index (χ2n) is 17.2. The Hall–Kier alpha value is -10.1. The van der Waals surface area contributed by atoms with E-state index in [0.717, 1.165) is 73.1 Å². The van der Waals surface area contributed by atoms with Gasteiger partial charge in [-0.1, -0.05) is 206 Å². The lowest BCUT2D eigenvalue weighted by Crippen LogP contribution is -2.32. The fraction of sp³-hybridized carbons (Fsp3) is 0. The van der Waals surface area contributed by atoms with Crippen LogP contribution in [0.1, 0.15) is 0 Å². The zero-order chi connectivity index (χ0) is 47.8. The second-order valence-corrected chi connectivity index (χ2v) is 17.2. The van der Waals surface area contributed by atoms with Gasteiger partial charge in [0.2, 0.25) is 11.4 Å². The van der Waals surface area contributed by atoms with Crippen LogP contribution in [0.3, 0.4) is 0 Å². The monoisotopic (exact) mass is 928 g/mol. The normalized spacial score (nSPS) is 11.3. The predicted octanol–water partition coefficient (Wildman–Crippen LogP) is 13.2. The van der Waals surface area contributed by atoms with Gasteiger partial charge in [-0.2, -0.15) is 24.5 Å². The van der Waals surface area contributed by atoms with Gasteiger partial charge in [0.15, 0.2) is 17.0 Å². The van der Waals surface area contributed by atoms with Gasteiger partial charge in [-0.3, -0.25) is 9.13 Å². The van der Waals surface area contributed by atoms with E-state index in [1.807, 2.05) is 146 Å². The molecule has 0 radical (unpaired) electrons. The highest BCUT2D eigenvalue weighted by atomic mass is 15.2. The quantitative estimate of drug-likeness (QED) is 0.146. The maximum atomic E-state index is 5.62. The van der Waals surface area contributed by atoms with E-state index in [0.29, 0.717) is 45.6 Å². The average molecular weight is 929 g/mol. The third kappa shape index (κ3) is 7.54. The molecule has 0 saturated heterocycles. The maximum absolute atomic E-state index is 5.62. The van der Waals surface area contributed by atoms with E-state index in [-0.39, 0.29) is 0 Å².